The summed E-state index contributed by atoms with van der Waals surface area (Å²) in [4.78, 5) is 11.0. The Morgan fingerprint density at radius 2 is 2.29 bits per heavy atom. The molecule has 2 aromatic rings. The van der Waals surface area contributed by atoms with Crippen molar-refractivity contribution in [2.24, 2.45) is 0 Å². The molecule has 1 aromatic heterocycles. The van der Waals surface area contributed by atoms with E-state index in [1.165, 1.54) is 23.0 Å². The van der Waals surface area contributed by atoms with E-state index < -0.39 is 5.97 Å². The Balaban J connectivity index is 2.50. The minimum atomic E-state index is -1.02. The van der Waals surface area contributed by atoms with Crippen molar-refractivity contribution in [3.05, 3.63) is 47.5 Å². The Bertz CT molecular complexity index is 563. The maximum absolute atomic E-state index is 13.0. The number of hydrogen-bond donors (Lipinski definition) is 1. The third-order valence-corrected chi connectivity index (χ3v) is 2.43. The molecule has 1 N–H and O–H groups in total. The Hall–Kier alpha value is -2.17. The Morgan fingerprint density at radius 3 is 2.82 bits per heavy atom. The molecule has 0 saturated carbocycles. The van der Waals surface area contributed by atoms with Crippen LogP contribution in [-0.2, 0) is 6.42 Å². The number of rotatable bonds is 3. The highest BCUT2D eigenvalue weighted by molar-refractivity contribution is 5.88. The largest absolute Gasteiger partial charge is 0.478 e. The molecule has 1 aromatic carbocycles. The molecular weight excluding hydrogens is 223 g/mol. The van der Waals surface area contributed by atoms with E-state index in [2.05, 4.69) is 5.10 Å². The van der Waals surface area contributed by atoms with Crippen LogP contribution in [0.25, 0.3) is 5.69 Å². The van der Waals surface area contributed by atoms with Crippen molar-refractivity contribution in [1.82, 2.24) is 9.78 Å². The number of aryl methyl sites for hydroxylation is 1. The van der Waals surface area contributed by atoms with Gasteiger partial charge in [0.15, 0.2) is 0 Å². The lowest BCUT2D eigenvalue weighted by Crippen LogP contribution is -1.98. The van der Waals surface area contributed by atoms with Gasteiger partial charge in [-0.15, -0.1) is 0 Å². The van der Waals surface area contributed by atoms with Crippen LogP contribution in [0.2, 0.25) is 0 Å². The first-order valence-electron chi connectivity index (χ1n) is 5.19. The topological polar surface area (TPSA) is 55.1 Å². The zero-order chi connectivity index (χ0) is 12.4. The Labute approximate surface area is 97.3 Å². The highest BCUT2D eigenvalue weighted by Gasteiger charge is 2.14. The van der Waals surface area contributed by atoms with Gasteiger partial charge in [0.05, 0.1) is 11.4 Å². The van der Waals surface area contributed by atoms with Crippen LogP contribution in [0.15, 0.2) is 30.5 Å². The molecule has 0 fully saturated rings. The maximum atomic E-state index is 13.0. The standard InChI is InChI=1S/C12H11FN2O2/c1-2-11-10(12(16)17)7-15(14-11)9-5-3-4-8(13)6-9/h3-7H,2H2,1H3,(H,16,17). The molecular formula is C12H11FN2O2. The highest BCUT2D eigenvalue weighted by atomic mass is 19.1. The van der Waals surface area contributed by atoms with E-state index in [4.69, 9.17) is 5.11 Å². The van der Waals surface area contributed by atoms with Crippen molar-refractivity contribution in [3.8, 4) is 5.69 Å². The number of halogens is 1. The fourth-order valence-corrected chi connectivity index (χ4v) is 1.60. The molecule has 17 heavy (non-hydrogen) atoms. The van der Waals surface area contributed by atoms with Crippen molar-refractivity contribution >= 4 is 5.97 Å². The molecule has 2 rings (SSSR count). The predicted molar refractivity (Wildman–Crippen MR) is 59.9 cm³/mol. The third kappa shape index (κ3) is 2.18. The van der Waals surface area contributed by atoms with Crippen LogP contribution in [-0.4, -0.2) is 20.9 Å². The van der Waals surface area contributed by atoms with Crippen LogP contribution >= 0.6 is 0 Å². The summed E-state index contributed by atoms with van der Waals surface area (Å²) < 4.78 is 14.4. The fraction of sp³-hybridized carbons (Fsp3) is 0.167. The van der Waals surface area contributed by atoms with Gasteiger partial charge < -0.3 is 5.11 Å². The first-order valence-corrected chi connectivity index (χ1v) is 5.19. The van der Waals surface area contributed by atoms with E-state index in [-0.39, 0.29) is 11.4 Å². The van der Waals surface area contributed by atoms with E-state index in [0.29, 0.717) is 17.8 Å². The Morgan fingerprint density at radius 1 is 1.53 bits per heavy atom. The average Bonchev–Trinajstić information content (AvgIpc) is 2.73. The van der Waals surface area contributed by atoms with E-state index in [9.17, 15) is 9.18 Å². The first kappa shape index (κ1) is 11.3. The van der Waals surface area contributed by atoms with Gasteiger partial charge in [-0.1, -0.05) is 13.0 Å². The van der Waals surface area contributed by atoms with Crippen LogP contribution in [0, 0.1) is 5.82 Å². The van der Waals surface area contributed by atoms with Crippen molar-refractivity contribution in [1.29, 1.82) is 0 Å². The summed E-state index contributed by atoms with van der Waals surface area (Å²) in [6.45, 7) is 1.82. The second kappa shape index (κ2) is 4.37. The van der Waals surface area contributed by atoms with Gasteiger partial charge in [-0.3, -0.25) is 0 Å². The smallest absolute Gasteiger partial charge is 0.339 e. The van der Waals surface area contributed by atoms with Crippen molar-refractivity contribution in [3.63, 3.8) is 0 Å². The lowest BCUT2D eigenvalue weighted by atomic mass is 10.2. The van der Waals surface area contributed by atoms with Crippen LogP contribution in [0.4, 0.5) is 4.39 Å². The molecule has 1 heterocycles. The number of hydrogen-bond acceptors (Lipinski definition) is 2. The van der Waals surface area contributed by atoms with Crippen molar-refractivity contribution in [2.45, 2.75) is 13.3 Å². The van der Waals surface area contributed by atoms with E-state index in [1.54, 1.807) is 12.1 Å². The minimum Gasteiger partial charge on any atom is -0.478 e. The average molecular weight is 234 g/mol. The number of nitrogens with zero attached hydrogens (tertiary/aromatic N) is 2. The van der Waals surface area contributed by atoms with Gasteiger partial charge in [-0.25, -0.2) is 13.9 Å². The van der Waals surface area contributed by atoms with Crippen LogP contribution in [0.3, 0.4) is 0 Å². The molecule has 0 saturated heterocycles. The summed E-state index contributed by atoms with van der Waals surface area (Å²) in [5.41, 5.74) is 1.14. The molecule has 0 bridgehead atoms. The summed E-state index contributed by atoms with van der Waals surface area (Å²) in [6.07, 6.45) is 1.92. The SMILES string of the molecule is CCc1nn(-c2cccc(F)c2)cc1C(=O)O. The molecule has 88 valence electrons. The zero-order valence-electron chi connectivity index (χ0n) is 9.22. The van der Waals surface area contributed by atoms with E-state index >= 15 is 0 Å². The van der Waals surface area contributed by atoms with Crippen molar-refractivity contribution < 1.29 is 14.3 Å². The van der Waals surface area contributed by atoms with Gasteiger partial charge in [-0.05, 0) is 24.6 Å². The zero-order valence-corrected chi connectivity index (χ0v) is 9.22. The van der Waals surface area contributed by atoms with Crippen LogP contribution in [0.5, 0.6) is 0 Å². The number of benzene rings is 1. The molecule has 0 atom stereocenters. The van der Waals surface area contributed by atoms with Crippen LogP contribution < -0.4 is 0 Å². The summed E-state index contributed by atoms with van der Waals surface area (Å²) in [6, 6.07) is 5.85. The van der Waals surface area contributed by atoms with E-state index in [1.807, 2.05) is 6.92 Å². The highest BCUT2D eigenvalue weighted by Crippen LogP contribution is 2.14. The monoisotopic (exact) mass is 234 g/mol. The number of aromatic carboxylic acids is 1. The van der Waals surface area contributed by atoms with Gasteiger partial charge in [-0.2, -0.15) is 5.10 Å². The van der Waals surface area contributed by atoms with Gasteiger partial charge in [0.2, 0.25) is 0 Å². The summed E-state index contributed by atoms with van der Waals surface area (Å²) in [5.74, 6) is -1.41. The lowest BCUT2D eigenvalue weighted by Gasteiger charge is -2.00. The number of aromatic nitrogens is 2. The first-order chi connectivity index (χ1) is 8.11. The molecule has 0 aliphatic carbocycles. The summed E-state index contributed by atoms with van der Waals surface area (Å²) in [7, 11) is 0. The fourth-order valence-electron chi connectivity index (χ4n) is 1.60. The molecule has 4 nitrogen and oxygen atoms in total. The van der Waals surface area contributed by atoms with Gasteiger partial charge >= 0.3 is 5.97 Å². The maximum Gasteiger partial charge on any atom is 0.339 e. The minimum absolute atomic E-state index is 0.150. The third-order valence-electron chi connectivity index (χ3n) is 2.43. The number of carbonyl (C=O) groups is 1. The molecule has 0 aliphatic rings. The normalized spacial score (nSPS) is 10.5. The van der Waals surface area contributed by atoms with Crippen LogP contribution in [0.1, 0.15) is 23.0 Å². The second-order valence-corrected chi connectivity index (χ2v) is 3.57. The Kier molecular flexibility index (Phi) is 2.91. The lowest BCUT2D eigenvalue weighted by molar-refractivity contribution is 0.0695. The molecule has 0 unspecified atom stereocenters. The van der Waals surface area contributed by atoms with Gasteiger partial charge in [0, 0.05) is 6.20 Å². The van der Waals surface area contributed by atoms with Gasteiger partial charge in [0.25, 0.3) is 0 Å². The van der Waals surface area contributed by atoms with Crippen molar-refractivity contribution in [2.75, 3.05) is 0 Å². The second-order valence-electron chi connectivity index (χ2n) is 3.57. The summed E-state index contributed by atoms with van der Waals surface area (Å²) >= 11 is 0. The number of carboxylic acids is 1. The van der Waals surface area contributed by atoms with Gasteiger partial charge in [0.1, 0.15) is 11.4 Å². The predicted octanol–water partition coefficient (Wildman–Crippen LogP) is 2.27. The molecule has 0 aliphatic heterocycles. The number of carboxylic acid groups (broad SMARTS) is 1. The molecule has 0 radical (unpaired) electrons. The quantitative estimate of drug-likeness (QED) is 0.886. The molecule has 0 spiro atoms. The molecule has 0 amide bonds. The molecule has 5 heteroatoms. The van der Waals surface area contributed by atoms with E-state index in [0.717, 1.165) is 0 Å². The summed E-state index contributed by atoms with van der Waals surface area (Å²) in [5, 5.41) is 13.1.